The number of hydrogen-bond acceptors (Lipinski definition) is 5. The molecule has 0 aromatic carbocycles. The number of aromatic nitrogens is 3. The zero-order chi connectivity index (χ0) is 19.7. The summed E-state index contributed by atoms with van der Waals surface area (Å²) in [6.07, 6.45) is 7.18. The smallest absolute Gasteiger partial charge is 0.262 e. The van der Waals surface area contributed by atoms with Gasteiger partial charge in [0.05, 0.1) is 18.5 Å². The molecule has 7 heteroatoms. The molecular formula is C21H25N3O3S. The van der Waals surface area contributed by atoms with Gasteiger partial charge in [-0.3, -0.25) is 14.2 Å². The molecule has 0 atom stereocenters. The second-order valence-electron chi connectivity index (χ2n) is 7.24. The molecule has 0 fully saturated rings. The zero-order valence-corrected chi connectivity index (χ0v) is 17.2. The first-order chi connectivity index (χ1) is 13.6. The first-order valence-corrected chi connectivity index (χ1v) is 10.8. The summed E-state index contributed by atoms with van der Waals surface area (Å²) in [4.78, 5) is 35.8. The Kier molecular flexibility index (Phi) is 5.35. The molecule has 3 heterocycles. The summed E-state index contributed by atoms with van der Waals surface area (Å²) >= 11 is 1.67. The molecule has 0 saturated heterocycles. The van der Waals surface area contributed by atoms with Gasteiger partial charge >= 0.3 is 0 Å². The van der Waals surface area contributed by atoms with Crippen molar-refractivity contribution in [3.63, 3.8) is 0 Å². The van der Waals surface area contributed by atoms with Crippen LogP contribution in [0.15, 0.2) is 21.9 Å². The minimum atomic E-state index is -0.169. The summed E-state index contributed by atoms with van der Waals surface area (Å²) in [6, 6.07) is 1.52. The molecule has 0 bridgehead atoms. The van der Waals surface area contributed by atoms with Crippen molar-refractivity contribution < 1.29 is 4.74 Å². The van der Waals surface area contributed by atoms with E-state index in [1.165, 1.54) is 16.5 Å². The van der Waals surface area contributed by atoms with Crippen molar-refractivity contribution in [1.29, 1.82) is 0 Å². The van der Waals surface area contributed by atoms with Crippen molar-refractivity contribution in [2.24, 2.45) is 0 Å². The normalized spacial score (nSPS) is 13.2. The van der Waals surface area contributed by atoms with Crippen molar-refractivity contribution in [2.75, 3.05) is 6.61 Å². The summed E-state index contributed by atoms with van der Waals surface area (Å²) in [7, 11) is 0. The maximum absolute atomic E-state index is 13.4. The van der Waals surface area contributed by atoms with E-state index in [0.717, 1.165) is 54.6 Å². The molecule has 4 rings (SSSR count). The number of nitrogens with one attached hydrogen (secondary N) is 1. The summed E-state index contributed by atoms with van der Waals surface area (Å²) in [5.41, 5.74) is 1.71. The average Bonchev–Trinajstić information content (AvgIpc) is 3.25. The molecule has 3 aromatic rings. The van der Waals surface area contributed by atoms with E-state index in [0.29, 0.717) is 24.6 Å². The fraction of sp³-hybridized carbons (Fsp3) is 0.476. The second-order valence-corrected chi connectivity index (χ2v) is 8.33. The molecule has 3 aromatic heterocycles. The van der Waals surface area contributed by atoms with E-state index in [9.17, 15) is 9.59 Å². The van der Waals surface area contributed by atoms with Crippen LogP contribution in [0.25, 0.3) is 10.2 Å². The van der Waals surface area contributed by atoms with E-state index in [2.05, 4.69) is 11.9 Å². The van der Waals surface area contributed by atoms with Gasteiger partial charge in [-0.15, -0.1) is 11.3 Å². The van der Waals surface area contributed by atoms with Gasteiger partial charge in [-0.1, -0.05) is 13.8 Å². The van der Waals surface area contributed by atoms with Crippen LogP contribution >= 0.6 is 11.3 Å². The molecule has 0 aliphatic heterocycles. The first-order valence-electron chi connectivity index (χ1n) is 10.0. The number of rotatable bonds is 7. The Morgan fingerprint density at radius 1 is 1.25 bits per heavy atom. The van der Waals surface area contributed by atoms with Gasteiger partial charge in [0.2, 0.25) is 5.43 Å². The van der Waals surface area contributed by atoms with Crippen LogP contribution in [0.3, 0.4) is 0 Å². The van der Waals surface area contributed by atoms with Crippen LogP contribution in [0, 0.1) is 0 Å². The predicted octanol–water partition coefficient (Wildman–Crippen LogP) is 3.42. The molecule has 0 unspecified atom stereocenters. The Morgan fingerprint density at radius 3 is 2.86 bits per heavy atom. The Balaban J connectivity index is 1.76. The molecule has 0 spiro atoms. The lowest BCUT2D eigenvalue weighted by Crippen LogP contribution is -2.27. The number of ether oxygens (including phenoxy) is 1. The molecule has 1 aliphatic carbocycles. The van der Waals surface area contributed by atoms with Gasteiger partial charge < -0.3 is 9.72 Å². The quantitative estimate of drug-likeness (QED) is 0.660. The molecule has 6 nitrogen and oxygen atoms in total. The third-order valence-electron chi connectivity index (χ3n) is 5.10. The highest BCUT2D eigenvalue weighted by molar-refractivity contribution is 7.18. The average molecular weight is 400 g/mol. The van der Waals surface area contributed by atoms with E-state index in [1.807, 2.05) is 6.92 Å². The van der Waals surface area contributed by atoms with Gasteiger partial charge in [0.1, 0.15) is 10.7 Å². The van der Waals surface area contributed by atoms with Gasteiger partial charge in [0.15, 0.2) is 5.75 Å². The van der Waals surface area contributed by atoms with Crippen LogP contribution in [-0.4, -0.2) is 21.1 Å². The highest BCUT2D eigenvalue weighted by Gasteiger charge is 2.23. The second kappa shape index (κ2) is 7.91. The minimum absolute atomic E-state index is 0.0139. The van der Waals surface area contributed by atoms with Crippen LogP contribution in [-0.2, 0) is 25.8 Å². The molecular weight excluding hydrogens is 374 g/mol. The summed E-state index contributed by atoms with van der Waals surface area (Å²) in [6.45, 7) is 4.89. The molecule has 148 valence electrons. The number of H-pyrrole nitrogens is 1. The Hall–Kier alpha value is -2.41. The maximum Gasteiger partial charge on any atom is 0.262 e. The topological polar surface area (TPSA) is 77.0 Å². The molecule has 1 N–H and O–H groups in total. The lowest BCUT2D eigenvalue weighted by Gasteiger charge is -2.13. The van der Waals surface area contributed by atoms with Crippen molar-refractivity contribution in [3.05, 3.63) is 54.8 Å². The summed E-state index contributed by atoms with van der Waals surface area (Å²) < 4.78 is 7.18. The molecule has 0 saturated carbocycles. The predicted molar refractivity (Wildman–Crippen MR) is 112 cm³/mol. The number of hydrogen-bond donors (Lipinski definition) is 1. The third-order valence-corrected chi connectivity index (χ3v) is 6.29. The Morgan fingerprint density at radius 2 is 2.11 bits per heavy atom. The third kappa shape index (κ3) is 3.39. The van der Waals surface area contributed by atoms with Gasteiger partial charge in [0, 0.05) is 29.3 Å². The lowest BCUT2D eigenvalue weighted by atomic mass is 10.2. The van der Waals surface area contributed by atoms with Gasteiger partial charge in [-0.05, 0) is 37.7 Å². The molecule has 1 aliphatic rings. The van der Waals surface area contributed by atoms with Crippen LogP contribution in [0.4, 0.5) is 0 Å². The first kappa shape index (κ1) is 18.9. The fourth-order valence-corrected chi connectivity index (χ4v) is 5.05. The molecule has 28 heavy (non-hydrogen) atoms. The van der Waals surface area contributed by atoms with Crippen LogP contribution in [0.1, 0.15) is 55.1 Å². The van der Waals surface area contributed by atoms with Crippen molar-refractivity contribution in [3.8, 4) is 5.75 Å². The minimum Gasteiger partial charge on any atom is -0.488 e. The number of nitrogens with zero attached hydrogens (tertiary/aromatic N) is 2. The van der Waals surface area contributed by atoms with E-state index < -0.39 is 0 Å². The van der Waals surface area contributed by atoms with E-state index >= 15 is 0 Å². The van der Waals surface area contributed by atoms with Crippen LogP contribution < -0.4 is 15.7 Å². The van der Waals surface area contributed by atoms with Gasteiger partial charge in [-0.25, -0.2) is 4.98 Å². The monoisotopic (exact) mass is 399 g/mol. The highest BCUT2D eigenvalue weighted by Crippen LogP contribution is 2.34. The molecule has 0 radical (unpaired) electrons. The molecule has 0 amide bonds. The zero-order valence-electron chi connectivity index (χ0n) is 16.3. The number of pyridine rings is 1. The lowest BCUT2D eigenvalue weighted by molar-refractivity contribution is 0.313. The number of fused-ring (bicyclic) bond motifs is 3. The van der Waals surface area contributed by atoms with Crippen molar-refractivity contribution in [1.82, 2.24) is 14.5 Å². The highest BCUT2D eigenvalue weighted by atomic mass is 32.1. The van der Waals surface area contributed by atoms with E-state index in [-0.39, 0.29) is 11.0 Å². The number of aryl methyl sites for hydroxylation is 3. The largest absolute Gasteiger partial charge is 0.488 e. The van der Waals surface area contributed by atoms with Gasteiger partial charge in [0.25, 0.3) is 5.56 Å². The Labute approximate surface area is 167 Å². The SMILES string of the molecule is CCCOc1c[nH]c(Cn2c(CCC)nc3sc4c(c3c2=O)CCC4)cc1=O. The number of aromatic amines is 1. The van der Waals surface area contributed by atoms with E-state index in [4.69, 9.17) is 9.72 Å². The standard InChI is InChI=1S/C21H25N3O3S/c1-3-6-18-23-20-19(14-7-5-8-17(14)28-20)21(26)24(18)12-13-10-15(25)16(11-22-13)27-9-4-2/h10-11H,3-9,12H2,1-2H3,(H,22,25). The number of thiophene rings is 1. The van der Waals surface area contributed by atoms with Crippen LogP contribution in [0.5, 0.6) is 5.75 Å². The Bertz CT molecular complexity index is 1130. The van der Waals surface area contributed by atoms with Gasteiger partial charge in [-0.2, -0.15) is 0 Å². The van der Waals surface area contributed by atoms with Crippen LogP contribution in [0.2, 0.25) is 0 Å². The summed E-state index contributed by atoms with van der Waals surface area (Å²) in [5.74, 6) is 1.10. The van der Waals surface area contributed by atoms with E-state index in [1.54, 1.807) is 22.1 Å². The maximum atomic E-state index is 13.4. The van der Waals surface area contributed by atoms with Crippen molar-refractivity contribution >= 4 is 21.6 Å². The van der Waals surface area contributed by atoms with Crippen molar-refractivity contribution in [2.45, 2.75) is 58.9 Å². The summed E-state index contributed by atoms with van der Waals surface area (Å²) in [5, 5.41) is 0.780. The fourth-order valence-electron chi connectivity index (χ4n) is 3.78.